The van der Waals surface area contributed by atoms with Gasteiger partial charge in [-0.3, -0.25) is 9.89 Å². The molecule has 2 aliphatic rings. The molecule has 1 amide bonds. The number of carbonyl (C=O) groups excluding carboxylic acids is 1. The zero-order chi connectivity index (χ0) is 29.7. The lowest BCUT2D eigenvalue weighted by molar-refractivity contribution is -0.128. The van der Waals surface area contributed by atoms with Gasteiger partial charge in [-0.15, -0.1) is 0 Å². The second-order valence-electron chi connectivity index (χ2n) is 11.4. The normalized spacial score (nSPS) is 17.6. The number of rotatable bonds is 6. The highest BCUT2D eigenvalue weighted by atomic mass is 19.1. The van der Waals surface area contributed by atoms with Crippen LogP contribution in [0.2, 0.25) is 0 Å². The molecule has 1 atom stereocenters. The Morgan fingerprint density at radius 2 is 1.93 bits per heavy atom. The SMILES string of the molecule is C=CC(=O)N1CCN(c2nc(N3CC(N(C)C)C3)nc3c(F)c(-c4c(C)ccc5[nH]ncc45)c(C)cc23)C[C@H]1CC#N. The molecule has 0 bridgehead atoms. The fraction of sp³-hybridized carbons (Fsp3) is 0.387. The van der Waals surface area contributed by atoms with E-state index in [-0.39, 0.29) is 23.9 Å². The van der Waals surface area contributed by atoms with Gasteiger partial charge in [-0.1, -0.05) is 12.6 Å². The van der Waals surface area contributed by atoms with Gasteiger partial charge < -0.3 is 19.6 Å². The Bertz CT molecular complexity index is 1750. The largest absolute Gasteiger partial charge is 0.352 e. The summed E-state index contributed by atoms with van der Waals surface area (Å²) in [5.41, 5.74) is 4.09. The van der Waals surface area contributed by atoms with Gasteiger partial charge in [-0.2, -0.15) is 15.3 Å². The summed E-state index contributed by atoms with van der Waals surface area (Å²) in [5, 5.41) is 18.2. The monoisotopic (exact) mass is 567 g/mol. The maximum Gasteiger partial charge on any atom is 0.246 e. The summed E-state index contributed by atoms with van der Waals surface area (Å²) >= 11 is 0. The molecule has 6 rings (SSSR count). The lowest BCUT2D eigenvalue weighted by Gasteiger charge is -2.44. The van der Waals surface area contributed by atoms with E-state index in [1.165, 1.54) is 6.08 Å². The van der Waals surface area contributed by atoms with Gasteiger partial charge in [0.1, 0.15) is 11.3 Å². The highest BCUT2D eigenvalue weighted by Crippen LogP contribution is 2.40. The molecular formula is C31H34FN9O. The first kappa shape index (κ1) is 27.6. The van der Waals surface area contributed by atoms with Gasteiger partial charge in [0.05, 0.1) is 30.2 Å². The summed E-state index contributed by atoms with van der Waals surface area (Å²) in [6, 6.07) is 8.12. The number of H-pyrrole nitrogens is 1. The second kappa shape index (κ2) is 10.7. The average Bonchev–Trinajstić information content (AvgIpc) is 3.42. The van der Waals surface area contributed by atoms with Crippen LogP contribution >= 0.6 is 0 Å². The van der Waals surface area contributed by atoms with E-state index in [4.69, 9.17) is 9.97 Å². The van der Waals surface area contributed by atoms with Gasteiger partial charge in [-0.05, 0) is 62.8 Å². The average molecular weight is 568 g/mol. The molecule has 0 spiro atoms. The van der Waals surface area contributed by atoms with Crippen LogP contribution in [0.25, 0.3) is 32.9 Å². The Hall–Kier alpha value is -4.56. The Morgan fingerprint density at radius 1 is 1.14 bits per heavy atom. The van der Waals surface area contributed by atoms with E-state index in [2.05, 4.69) is 37.5 Å². The van der Waals surface area contributed by atoms with Crippen molar-refractivity contribution < 1.29 is 9.18 Å². The topological polar surface area (TPSA) is 108 Å². The Balaban J connectivity index is 1.52. The van der Waals surface area contributed by atoms with Gasteiger partial charge >= 0.3 is 0 Å². The number of anilines is 2. The standard InChI is InChI=1S/C31H34FN9O/c1-6-25(42)41-12-11-39(15-20(41)9-10-33)30-22-13-19(3)27(26-18(2)7-8-24-23(26)14-34-37-24)28(32)29(22)35-31(36-30)40-16-21(17-40)38(4)5/h6-8,13-14,20-21H,1,9,11-12,15-17H2,2-5H3,(H,34,37)/t20-/m1/s1. The summed E-state index contributed by atoms with van der Waals surface area (Å²) in [4.78, 5) is 30.3. The molecule has 2 aromatic carbocycles. The number of aromatic amines is 1. The lowest BCUT2D eigenvalue weighted by atomic mass is 9.92. The summed E-state index contributed by atoms with van der Waals surface area (Å²) in [5.74, 6) is 0.493. The Labute approximate surface area is 244 Å². The molecule has 216 valence electrons. The number of halogens is 1. The number of aryl methyl sites for hydroxylation is 2. The molecule has 42 heavy (non-hydrogen) atoms. The number of piperazine rings is 1. The number of likely N-dealkylation sites (N-methyl/N-ethyl adjacent to an activating group) is 1. The molecule has 2 aromatic heterocycles. The molecule has 0 aliphatic carbocycles. The minimum absolute atomic E-state index is 0.175. The van der Waals surface area contributed by atoms with Crippen LogP contribution in [0.1, 0.15) is 17.5 Å². The van der Waals surface area contributed by atoms with Crippen LogP contribution < -0.4 is 9.80 Å². The van der Waals surface area contributed by atoms with Gasteiger partial charge in [0.15, 0.2) is 5.82 Å². The van der Waals surface area contributed by atoms with Gasteiger partial charge in [-0.25, -0.2) is 9.37 Å². The third-order valence-corrected chi connectivity index (χ3v) is 8.62. The first-order chi connectivity index (χ1) is 20.2. The van der Waals surface area contributed by atoms with Crippen molar-refractivity contribution in [3.63, 3.8) is 0 Å². The molecule has 2 fully saturated rings. The molecule has 4 aromatic rings. The van der Waals surface area contributed by atoms with E-state index in [0.717, 1.165) is 40.7 Å². The first-order valence-electron chi connectivity index (χ1n) is 14.1. The maximum atomic E-state index is 16.9. The van der Waals surface area contributed by atoms with Crippen molar-refractivity contribution in [1.82, 2.24) is 30.0 Å². The van der Waals surface area contributed by atoms with Crippen molar-refractivity contribution in [2.75, 3.05) is 56.6 Å². The van der Waals surface area contributed by atoms with E-state index in [1.54, 1.807) is 11.1 Å². The predicted octanol–water partition coefficient (Wildman–Crippen LogP) is 3.80. The molecular weight excluding hydrogens is 533 g/mol. The van der Waals surface area contributed by atoms with Gasteiger partial charge in [0, 0.05) is 55.1 Å². The van der Waals surface area contributed by atoms with Crippen molar-refractivity contribution in [2.24, 2.45) is 0 Å². The minimum atomic E-state index is -0.398. The van der Waals surface area contributed by atoms with Crippen LogP contribution in [0.15, 0.2) is 37.1 Å². The molecule has 10 nitrogen and oxygen atoms in total. The Kier molecular flexibility index (Phi) is 7.02. The van der Waals surface area contributed by atoms with Crippen molar-refractivity contribution in [1.29, 1.82) is 5.26 Å². The smallest absolute Gasteiger partial charge is 0.246 e. The zero-order valence-corrected chi connectivity index (χ0v) is 24.4. The van der Waals surface area contributed by atoms with Crippen molar-refractivity contribution >= 4 is 39.5 Å². The van der Waals surface area contributed by atoms with Crippen LogP contribution in [0, 0.1) is 31.0 Å². The molecule has 0 saturated carbocycles. The molecule has 4 heterocycles. The number of benzene rings is 2. The number of fused-ring (bicyclic) bond motifs is 2. The van der Waals surface area contributed by atoms with E-state index < -0.39 is 5.82 Å². The van der Waals surface area contributed by atoms with Crippen LogP contribution in [0.3, 0.4) is 0 Å². The second-order valence-corrected chi connectivity index (χ2v) is 11.4. The molecule has 1 N–H and O–H groups in total. The number of amides is 1. The number of hydrogen-bond donors (Lipinski definition) is 1. The van der Waals surface area contributed by atoms with E-state index in [9.17, 15) is 10.1 Å². The molecule has 2 aliphatic heterocycles. The van der Waals surface area contributed by atoms with Crippen LogP contribution in [0.5, 0.6) is 0 Å². The Morgan fingerprint density at radius 3 is 2.64 bits per heavy atom. The summed E-state index contributed by atoms with van der Waals surface area (Å²) in [6.07, 6.45) is 3.19. The highest BCUT2D eigenvalue weighted by Gasteiger charge is 2.35. The van der Waals surface area contributed by atoms with Gasteiger partial charge in [0.25, 0.3) is 0 Å². The number of nitriles is 1. The van der Waals surface area contributed by atoms with E-state index in [0.29, 0.717) is 48.4 Å². The number of aromatic nitrogens is 4. The fourth-order valence-electron chi connectivity index (χ4n) is 6.15. The number of carbonyl (C=O) groups is 1. The molecule has 11 heteroatoms. The summed E-state index contributed by atoms with van der Waals surface area (Å²) < 4.78 is 16.9. The summed E-state index contributed by atoms with van der Waals surface area (Å²) in [7, 11) is 4.09. The summed E-state index contributed by atoms with van der Waals surface area (Å²) in [6.45, 7) is 10.3. The molecule has 0 unspecified atom stereocenters. The van der Waals surface area contributed by atoms with E-state index >= 15 is 4.39 Å². The van der Waals surface area contributed by atoms with E-state index in [1.807, 2.05) is 46.1 Å². The van der Waals surface area contributed by atoms with Gasteiger partial charge in [0.2, 0.25) is 11.9 Å². The third kappa shape index (κ3) is 4.52. The van der Waals surface area contributed by atoms with Crippen molar-refractivity contribution in [2.45, 2.75) is 32.4 Å². The quantitative estimate of drug-likeness (QED) is 0.351. The predicted molar refractivity (Wildman–Crippen MR) is 162 cm³/mol. The number of hydrogen-bond acceptors (Lipinski definition) is 8. The fourth-order valence-corrected chi connectivity index (χ4v) is 6.15. The van der Waals surface area contributed by atoms with Crippen LogP contribution in [-0.4, -0.2) is 94.8 Å². The first-order valence-corrected chi connectivity index (χ1v) is 14.1. The minimum Gasteiger partial charge on any atom is -0.352 e. The van der Waals surface area contributed by atoms with Crippen molar-refractivity contribution in [3.05, 3.63) is 54.0 Å². The highest BCUT2D eigenvalue weighted by molar-refractivity contribution is 6.02. The molecule has 0 radical (unpaired) electrons. The number of nitrogens with one attached hydrogen (secondary N) is 1. The van der Waals surface area contributed by atoms with Crippen molar-refractivity contribution in [3.8, 4) is 17.2 Å². The zero-order valence-electron chi connectivity index (χ0n) is 24.4. The van der Waals surface area contributed by atoms with Crippen LogP contribution in [0.4, 0.5) is 16.2 Å². The molecule has 2 saturated heterocycles. The third-order valence-electron chi connectivity index (χ3n) is 8.62. The maximum absolute atomic E-state index is 16.9. The lowest BCUT2D eigenvalue weighted by Crippen LogP contribution is -2.58. The van der Waals surface area contributed by atoms with Crippen LogP contribution in [-0.2, 0) is 4.79 Å². The number of nitrogens with zero attached hydrogens (tertiary/aromatic N) is 8.